The minimum absolute atomic E-state index is 0.0442. The highest BCUT2D eigenvalue weighted by Crippen LogP contribution is 2.31. The minimum atomic E-state index is -4.30. The van der Waals surface area contributed by atoms with E-state index in [0.717, 1.165) is 6.07 Å². The summed E-state index contributed by atoms with van der Waals surface area (Å²) in [6, 6.07) is 2.30. The fraction of sp³-hybridized carbons (Fsp3) is 0.200. The van der Waals surface area contributed by atoms with Gasteiger partial charge in [0.25, 0.3) is 0 Å². The van der Waals surface area contributed by atoms with Crippen molar-refractivity contribution in [3.8, 4) is 0 Å². The fourth-order valence-corrected chi connectivity index (χ4v) is 2.12. The van der Waals surface area contributed by atoms with E-state index in [4.69, 9.17) is 0 Å². The van der Waals surface area contributed by atoms with Gasteiger partial charge in [0, 0.05) is 16.1 Å². The van der Waals surface area contributed by atoms with Crippen LogP contribution in [0.2, 0.25) is 0 Å². The Balaban J connectivity index is 2.56. The quantitative estimate of drug-likeness (QED) is 0.760. The normalized spacial score (nSPS) is 12.3. The molecule has 1 nitrogen and oxygen atoms in total. The number of H-pyrrole nitrogens is 1. The van der Waals surface area contributed by atoms with Crippen LogP contribution in [0.15, 0.2) is 22.8 Å². The van der Waals surface area contributed by atoms with E-state index < -0.39 is 18.4 Å². The summed E-state index contributed by atoms with van der Waals surface area (Å²) >= 11 is 3.09. The van der Waals surface area contributed by atoms with Crippen molar-refractivity contribution in [3.63, 3.8) is 0 Å². The van der Waals surface area contributed by atoms with Crippen molar-refractivity contribution < 1.29 is 17.6 Å². The maximum absolute atomic E-state index is 13.1. The maximum Gasteiger partial charge on any atom is 0.393 e. The molecular formula is C10H6BrF4N. The molecule has 0 aliphatic rings. The van der Waals surface area contributed by atoms with E-state index in [-0.39, 0.29) is 10.9 Å². The third-order valence-corrected chi connectivity index (χ3v) is 2.81. The zero-order valence-corrected chi connectivity index (χ0v) is 9.41. The largest absolute Gasteiger partial charge is 0.393 e. The van der Waals surface area contributed by atoms with Gasteiger partial charge in [-0.2, -0.15) is 13.2 Å². The molecule has 0 spiro atoms. The minimum Gasteiger partial charge on any atom is -0.360 e. The standard InChI is InChI=1S/C10H6BrF4N/c11-8-2-6(12)1-7-5(3-10(13,14)15)4-16-9(7)8/h1-2,4,16H,3H2. The highest BCUT2D eigenvalue weighted by atomic mass is 79.9. The van der Waals surface area contributed by atoms with E-state index in [0.29, 0.717) is 9.99 Å². The van der Waals surface area contributed by atoms with Gasteiger partial charge in [-0.1, -0.05) is 0 Å². The predicted molar refractivity (Wildman–Crippen MR) is 55.7 cm³/mol. The highest BCUT2D eigenvalue weighted by molar-refractivity contribution is 9.10. The Labute approximate surface area is 96.6 Å². The molecule has 1 N–H and O–H groups in total. The van der Waals surface area contributed by atoms with Gasteiger partial charge in [-0.15, -0.1) is 0 Å². The first kappa shape index (κ1) is 11.4. The van der Waals surface area contributed by atoms with Crippen LogP contribution in [0.5, 0.6) is 0 Å². The molecule has 1 aromatic carbocycles. The molecule has 1 aromatic heterocycles. The highest BCUT2D eigenvalue weighted by Gasteiger charge is 2.29. The number of benzene rings is 1. The van der Waals surface area contributed by atoms with Crippen LogP contribution < -0.4 is 0 Å². The average molecular weight is 296 g/mol. The summed E-state index contributed by atoms with van der Waals surface area (Å²) in [6.07, 6.45) is -4.11. The molecule has 0 fully saturated rings. The molecule has 0 saturated carbocycles. The number of aromatic nitrogens is 1. The Hall–Kier alpha value is -1.04. The number of rotatable bonds is 1. The molecule has 0 radical (unpaired) electrons. The van der Waals surface area contributed by atoms with E-state index in [1.54, 1.807) is 0 Å². The molecular weight excluding hydrogens is 290 g/mol. The molecule has 0 aliphatic carbocycles. The molecule has 1 heterocycles. The third kappa shape index (κ3) is 2.21. The Kier molecular flexibility index (Phi) is 2.69. The van der Waals surface area contributed by atoms with Crippen LogP contribution in [0.25, 0.3) is 10.9 Å². The monoisotopic (exact) mass is 295 g/mol. The van der Waals surface area contributed by atoms with E-state index in [1.807, 2.05) is 0 Å². The Morgan fingerprint density at radius 2 is 1.94 bits per heavy atom. The number of halogens is 5. The number of fused-ring (bicyclic) bond motifs is 1. The average Bonchev–Trinajstić information content (AvgIpc) is 2.46. The van der Waals surface area contributed by atoms with E-state index >= 15 is 0 Å². The van der Waals surface area contributed by atoms with Gasteiger partial charge in [-0.25, -0.2) is 4.39 Å². The first-order valence-electron chi connectivity index (χ1n) is 4.38. The van der Waals surface area contributed by atoms with Gasteiger partial charge in [-0.3, -0.25) is 0 Å². The molecule has 0 amide bonds. The van der Waals surface area contributed by atoms with Crippen molar-refractivity contribution in [3.05, 3.63) is 34.2 Å². The number of nitrogens with one attached hydrogen (secondary N) is 1. The third-order valence-electron chi connectivity index (χ3n) is 2.18. The summed E-state index contributed by atoms with van der Waals surface area (Å²) in [7, 11) is 0. The summed E-state index contributed by atoms with van der Waals surface area (Å²) < 4.78 is 50.2. The Bertz CT molecular complexity index is 529. The molecule has 6 heteroatoms. The SMILES string of the molecule is Fc1cc(Br)c2[nH]cc(CC(F)(F)F)c2c1. The lowest BCUT2D eigenvalue weighted by atomic mass is 10.1. The summed E-state index contributed by atoms with van der Waals surface area (Å²) in [4.78, 5) is 2.69. The van der Waals surface area contributed by atoms with E-state index in [1.165, 1.54) is 12.3 Å². The van der Waals surface area contributed by atoms with Crippen molar-refractivity contribution in [2.24, 2.45) is 0 Å². The molecule has 2 rings (SSSR count). The van der Waals surface area contributed by atoms with Crippen LogP contribution in [0, 0.1) is 5.82 Å². The van der Waals surface area contributed by atoms with E-state index in [2.05, 4.69) is 20.9 Å². The van der Waals surface area contributed by atoms with Gasteiger partial charge in [0.15, 0.2) is 0 Å². The van der Waals surface area contributed by atoms with Gasteiger partial charge < -0.3 is 4.98 Å². The lowest BCUT2D eigenvalue weighted by Crippen LogP contribution is -2.10. The molecule has 0 unspecified atom stereocenters. The van der Waals surface area contributed by atoms with Crippen molar-refractivity contribution in [1.29, 1.82) is 0 Å². The van der Waals surface area contributed by atoms with Crippen LogP contribution in [-0.4, -0.2) is 11.2 Å². The second-order valence-corrected chi connectivity index (χ2v) is 4.27. The predicted octanol–water partition coefficient (Wildman–Crippen LogP) is 4.17. The zero-order chi connectivity index (χ0) is 11.9. The van der Waals surface area contributed by atoms with Crippen LogP contribution in [-0.2, 0) is 6.42 Å². The van der Waals surface area contributed by atoms with Crippen molar-refractivity contribution in [2.45, 2.75) is 12.6 Å². The molecule has 0 atom stereocenters. The Morgan fingerprint density at radius 1 is 1.25 bits per heavy atom. The number of hydrogen-bond donors (Lipinski definition) is 1. The van der Waals surface area contributed by atoms with Crippen LogP contribution in [0.3, 0.4) is 0 Å². The van der Waals surface area contributed by atoms with Gasteiger partial charge in [0.2, 0.25) is 0 Å². The molecule has 0 saturated heterocycles. The van der Waals surface area contributed by atoms with Gasteiger partial charge in [-0.05, 0) is 33.6 Å². The van der Waals surface area contributed by atoms with Gasteiger partial charge >= 0.3 is 6.18 Å². The Morgan fingerprint density at radius 3 is 2.56 bits per heavy atom. The summed E-state index contributed by atoms with van der Waals surface area (Å²) in [6.45, 7) is 0. The topological polar surface area (TPSA) is 15.8 Å². The number of aromatic amines is 1. The second-order valence-electron chi connectivity index (χ2n) is 3.42. The summed E-state index contributed by atoms with van der Waals surface area (Å²) in [5.41, 5.74) is 0.517. The number of hydrogen-bond acceptors (Lipinski definition) is 0. The molecule has 2 aromatic rings. The van der Waals surface area contributed by atoms with Crippen LogP contribution in [0.1, 0.15) is 5.56 Å². The van der Waals surface area contributed by atoms with Gasteiger partial charge in [0.1, 0.15) is 5.82 Å². The molecule has 86 valence electrons. The second kappa shape index (κ2) is 3.76. The van der Waals surface area contributed by atoms with Gasteiger partial charge in [0.05, 0.1) is 11.9 Å². The van der Waals surface area contributed by atoms with E-state index in [9.17, 15) is 17.6 Å². The molecule has 0 bridgehead atoms. The van der Waals surface area contributed by atoms with Crippen molar-refractivity contribution in [1.82, 2.24) is 4.98 Å². The lowest BCUT2D eigenvalue weighted by Gasteiger charge is -2.04. The lowest BCUT2D eigenvalue weighted by molar-refractivity contribution is -0.127. The smallest absolute Gasteiger partial charge is 0.360 e. The first-order valence-corrected chi connectivity index (χ1v) is 5.18. The summed E-state index contributed by atoms with van der Waals surface area (Å²) in [5, 5.41) is 0.254. The van der Waals surface area contributed by atoms with Crippen LogP contribution >= 0.6 is 15.9 Å². The molecule has 16 heavy (non-hydrogen) atoms. The molecule has 0 aliphatic heterocycles. The first-order chi connectivity index (χ1) is 7.37. The number of alkyl halides is 3. The van der Waals surface area contributed by atoms with Crippen LogP contribution in [0.4, 0.5) is 17.6 Å². The summed E-state index contributed by atoms with van der Waals surface area (Å²) in [5.74, 6) is -0.567. The fourth-order valence-electron chi connectivity index (χ4n) is 1.57. The van der Waals surface area contributed by atoms with Crippen molar-refractivity contribution in [2.75, 3.05) is 0 Å². The van der Waals surface area contributed by atoms with Crippen molar-refractivity contribution >= 4 is 26.8 Å². The maximum atomic E-state index is 13.1. The zero-order valence-electron chi connectivity index (χ0n) is 7.83.